The molecule has 4 nitrogen and oxygen atoms in total. The van der Waals surface area contributed by atoms with Crippen LogP contribution in [0.15, 0.2) is 18.2 Å². The highest BCUT2D eigenvalue weighted by atomic mass is 35.5. The standard InChI is InChI=1S/C14H15ClFNO3/c15-10-4-3-5-11(16)13(10)9(14(19)20)8-12(18)17-6-1-2-7-17/h3-5,9H,1-2,6-8H2,(H,19,20). The van der Waals surface area contributed by atoms with E-state index in [1.807, 2.05) is 0 Å². The van der Waals surface area contributed by atoms with E-state index in [-0.39, 0.29) is 22.9 Å². The second-order valence-electron chi connectivity index (χ2n) is 4.82. The van der Waals surface area contributed by atoms with Crippen molar-refractivity contribution in [2.45, 2.75) is 25.2 Å². The number of benzene rings is 1. The summed E-state index contributed by atoms with van der Waals surface area (Å²) in [7, 11) is 0. The molecule has 1 N–H and O–H groups in total. The van der Waals surface area contributed by atoms with Gasteiger partial charge in [0.2, 0.25) is 5.91 Å². The lowest BCUT2D eigenvalue weighted by atomic mass is 9.94. The maximum atomic E-state index is 13.8. The Balaban J connectivity index is 2.23. The number of nitrogens with zero attached hydrogens (tertiary/aromatic N) is 1. The molecule has 0 aliphatic carbocycles. The number of carbonyl (C=O) groups excluding carboxylic acids is 1. The van der Waals surface area contributed by atoms with Gasteiger partial charge in [-0.2, -0.15) is 0 Å². The first kappa shape index (κ1) is 14.8. The first-order valence-electron chi connectivity index (χ1n) is 6.45. The van der Waals surface area contributed by atoms with Crippen LogP contribution in [0.1, 0.15) is 30.7 Å². The lowest BCUT2D eigenvalue weighted by molar-refractivity contribution is -0.142. The number of likely N-dealkylation sites (tertiary alicyclic amines) is 1. The number of halogens is 2. The van der Waals surface area contributed by atoms with Crippen molar-refractivity contribution < 1.29 is 19.1 Å². The minimum absolute atomic E-state index is 0.0339. The number of carbonyl (C=O) groups is 2. The second-order valence-corrected chi connectivity index (χ2v) is 5.23. The minimum Gasteiger partial charge on any atom is -0.481 e. The second kappa shape index (κ2) is 6.22. The third-order valence-electron chi connectivity index (χ3n) is 3.48. The fourth-order valence-electron chi connectivity index (χ4n) is 2.43. The summed E-state index contributed by atoms with van der Waals surface area (Å²) in [6, 6.07) is 3.98. The van der Waals surface area contributed by atoms with E-state index >= 15 is 0 Å². The lowest BCUT2D eigenvalue weighted by Crippen LogP contribution is -2.31. The van der Waals surface area contributed by atoms with Crippen LogP contribution < -0.4 is 0 Å². The largest absolute Gasteiger partial charge is 0.481 e. The van der Waals surface area contributed by atoms with Crippen molar-refractivity contribution in [1.29, 1.82) is 0 Å². The Morgan fingerprint density at radius 1 is 1.35 bits per heavy atom. The van der Waals surface area contributed by atoms with Crippen LogP contribution in [0.2, 0.25) is 5.02 Å². The van der Waals surface area contributed by atoms with Gasteiger partial charge in [0.1, 0.15) is 5.82 Å². The fraction of sp³-hybridized carbons (Fsp3) is 0.429. The Kier molecular flexibility index (Phi) is 4.60. The van der Waals surface area contributed by atoms with Crippen molar-refractivity contribution in [2.24, 2.45) is 0 Å². The van der Waals surface area contributed by atoms with E-state index in [0.717, 1.165) is 18.9 Å². The first-order chi connectivity index (χ1) is 9.50. The van der Waals surface area contributed by atoms with E-state index in [1.165, 1.54) is 12.1 Å². The highest BCUT2D eigenvalue weighted by molar-refractivity contribution is 6.31. The third kappa shape index (κ3) is 3.10. The predicted octanol–water partition coefficient (Wildman–Crippen LogP) is 2.66. The molecule has 1 unspecified atom stereocenters. The average molecular weight is 300 g/mol. The van der Waals surface area contributed by atoms with Crippen molar-refractivity contribution in [3.05, 3.63) is 34.6 Å². The van der Waals surface area contributed by atoms with Gasteiger partial charge in [0.25, 0.3) is 0 Å². The van der Waals surface area contributed by atoms with Crippen molar-refractivity contribution in [3.8, 4) is 0 Å². The third-order valence-corrected chi connectivity index (χ3v) is 3.81. The van der Waals surface area contributed by atoms with E-state index in [9.17, 15) is 19.1 Å². The summed E-state index contributed by atoms with van der Waals surface area (Å²) < 4.78 is 13.8. The highest BCUT2D eigenvalue weighted by Gasteiger charge is 2.30. The monoisotopic (exact) mass is 299 g/mol. The normalized spacial score (nSPS) is 16.2. The Bertz CT molecular complexity index is 509. The lowest BCUT2D eigenvalue weighted by Gasteiger charge is -2.19. The fourth-order valence-corrected chi connectivity index (χ4v) is 2.72. The Hall–Kier alpha value is -1.62. The van der Waals surface area contributed by atoms with Gasteiger partial charge in [-0.25, -0.2) is 4.39 Å². The van der Waals surface area contributed by atoms with Crippen LogP contribution in [-0.4, -0.2) is 35.0 Å². The van der Waals surface area contributed by atoms with E-state index in [1.54, 1.807) is 4.90 Å². The Morgan fingerprint density at radius 3 is 2.55 bits per heavy atom. The van der Waals surface area contributed by atoms with Crippen LogP contribution in [0.3, 0.4) is 0 Å². The molecule has 1 aromatic rings. The molecule has 0 spiro atoms. The van der Waals surface area contributed by atoms with E-state index in [0.29, 0.717) is 13.1 Å². The first-order valence-corrected chi connectivity index (χ1v) is 6.83. The molecule has 0 aromatic heterocycles. The van der Waals surface area contributed by atoms with Crippen LogP contribution >= 0.6 is 11.6 Å². The van der Waals surface area contributed by atoms with Gasteiger partial charge in [-0.05, 0) is 25.0 Å². The summed E-state index contributed by atoms with van der Waals surface area (Å²) in [5, 5.41) is 9.31. The molecular weight excluding hydrogens is 285 g/mol. The van der Waals surface area contributed by atoms with Crippen LogP contribution in [-0.2, 0) is 9.59 Å². The van der Waals surface area contributed by atoms with Crippen LogP contribution in [0, 0.1) is 5.82 Å². The number of aliphatic carboxylic acids is 1. The zero-order chi connectivity index (χ0) is 14.7. The van der Waals surface area contributed by atoms with Crippen LogP contribution in [0.25, 0.3) is 0 Å². The van der Waals surface area contributed by atoms with Gasteiger partial charge in [-0.1, -0.05) is 17.7 Å². The van der Waals surface area contributed by atoms with Gasteiger partial charge in [0, 0.05) is 30.1 Å². The van der Waals surface area contributed by atoms with E-state index in [4.69, 9.17) is 11.6 Å². The van der Waals surface area contributed by atoms with Crippen LogP contribution in [0.5, 0.6) is 0 Å². The average Bonchev–Trinajstić information content (AvgIpc) is 2.90. The summed E-state index contributed by atoms with van der Waals surface area (Å²) in [4.78, 5) is 25.0. The molecule has 1 aliphatic heterocycles. The van der Waals surface area contributed by atoms with E-state index in [2.05, 4.69) is 0 Å². The molecular formula is C14H15ClFNO3. The van der Waals surface area contributed by atoms with Gasteiger partial charge in [-0.3, -0.25) is 9.59 Å². The zero-order valence-corrected chi connectivity index (χ0v) is 11.6. The number of hydrogen-bond donors (Lipinski definition) is 1. The quantitative estimate of drug-likeness (QED) is 0.930. The summed E-state index contributed by atoms with van der Waals surface area (Å²) in [5.74, 6) is -3.46. The van der Waals surface area contributed by atoms with Crippen LogP contribution in [0.4, 0.5) is 4.39 Å². The topological polar surface area (TPSA) is 57.6 Å². The number of carboxylic acid groups (broad SMARTS) is 1. The van der Waals surface area contributed by atoms with Gasteiger partial charge >= 0.3 is 5.97 Å². The van der Waals surface area contributed by atoms with Gasteiger partial charge in [0.15, 0.2) is 0 Å². The molecule has 1 amide bonds. The Morgan fingerprint density at radius 2 is 2.00 bits per heavy atom. The van der Waals surface area contributed by atoms with Crippen molar-refractivity contribution in [3.63, 3.8) is 0 Å². The van der Waals surface area contributed by atoms with Crippen molar-refractivity contribution in [1.82, 2.24) is 4.90 Å². The number of hydrogen-bond acceptors (Lipinski definition) is 2. The molecule has 1 aromatic carbocycles. The molecule has 6 heteroatoms. The molecule has 1 aliphatic rings. The number of rotatable bonds is 4. The highest BCUT2D eigenvalue weighted by Crippen LogP contribution is 2.30. The molecule has 0 bridgehead atoms. The van der Waals surface area contributed by atoms with Crippen molar-refractivity contribution >= 4 is 23.5 Å². The number of carboxylic acids is 1. The molecule has 2 rings (SSSR count). The smallest absolute Gasteiger partial charge is 0.311 e. The maximum Gasteiger partial charge on any atom is 0.311 e. The molecule has 1 saturated heterocycles. The summed E-state index contributed by atoms with van der Waals surface area (Å²) in [6.45, 7) is 1.27. The molecule has 1 heterocycles. The predicted molar refractivity (Wildman–Crippen MR) is 72.2 cm³/mol. The van der Waals surface area contributed by atoms with E-state index < -0.39 is 17.7 Å². The van der Waals surface area contributed by atoms with Gasteiger partial charge < -0.3 is 10.0 Å². The Labute approximate surface area is 121 Å². The summed E-state index contributed by atoms with van der Waals surface area (Å²) in [5.41, 5.74) is -0.116. The SMILES string of the molecule is O=C(O)C(CC(=O)N1CCCC1)c1c(F)cccc1Cl. The van der Waals surface area contributed by atoms with Crippen molar-refractivity contribution in [2.75, 3.05) is 13.1 Å². The molecule has 1 fully saturated rings. The summed E-state index contributed by atoms with van der Waals surface area (Å²) in [6.07, 6.45) is 1.57. The molecule has 20 heavy (non-hydrogen) atoms. The summed E-state index contributed by atoms with van der Waals surface area (Å²) >= 11 is 5.88. The van der Waals surface area contributed by atoms with Gasteiger partial charge in [0.05, 0.1) is 5.92 Å². The zero-order valence-electron chi connectivity index (χ0n) is 10.8. The number of amides is 1. The molecule has 1 atom stereocenters. The van der Waals surface area contributed by atoms with Gasteiger partial charge in [-0.15, -0.1) is 0 Å². The molecule has 0 saturated carbocycles. The molecule has 0 radical (unpaired) electrons. The maximum absolute atomic E-state index is 13.8. The molecule has 108 valence electrons. The minimum atomic E-state index is -1.25.